The number of hydrogen-bond acceptors (Lipinski definition) is 4. The highest BCUT2D eigenvalue weighted by Crippen LogP contribution is 2.29. The maximum Gasteiger partial charge on any atom is 0.257 e. The summed E-state index contributed by atoms with van der Waals surface area (Å²) in [6, 6.07) is 7.47. The van der Waals surface area contributed by atoms with Crippen LogP contribution in [-0.2, 0) is 4.74 Å². The summed E-state index contributed by atoms with van der Waals surface area (Å²) in [7, 11) is 1.64. The van der Waals surface area contributed by atoms with E-state index in [-0.39, 0.29) is 5.91 Å². The molecule has 3 rings (SSSR count). The molecule has 1 N–H and O–H groups in total. The number of methoxy groups -OCH3 is 1. The average Bonchev–Trinajstić information content (AvgIpc) is 3.08. The Morgan fingerprint density at radius 3 is 2.67 bits per heavy atom. The zero-order valence-corrected chi connectivity index (χ0v) is 12.4. The van der Waals surface area contributed by atoms with E-state index >= 15 is 0 Å². The van der Waals surface area contributed by atoms with Crippen molar-refractivity contribution in [3.8, 4) is 5.75 Å². The third-order valence-electron chi connectivity index (χ3n) is 4.34. The topological polar surface area (TPSA) is 50.8 Å². The van der Waals surface area contributed by atoms with Gasteiger partial charge >= 0.3 is 0 Å². The van der Waals surface area contributed by atoms with Crippen LogP contribution in [0.2, 0.25) is 0 Å². The van der Waals surface area contributed by atoms with Crippen LogP contribution < -0.4 is 10.1 Å². The Morgan fingerprint density at radius 1 is 1.24 bits per heavy atom. The van der Waals surface area contributed by atoms with E-state index in [0.29, 0.717) is 36.4 Å². The van der Waals surface area contributed by atoms with Gasteiger partial charge in [0.05, 0.1) is 12.2 Å². The Bertz CT molecular complexity index is 494. The van der Waals surface area contributed by atoms with Gasteiger partial charge in [-0.25, -0.2) is 0 Å². The van der Waals surface area contributed by atoms with Crippen LogP contribution in [0.25, 0.3) is 0 Å². The minimum atomic E-state index is 0.0809. The Balaban J connectivity index is 1.69. The molecule has 0 spiro atoms. The maximum atomic E-state index is 12.7. The molecule has 114 valence electrons. The van der Waals surface area contributed by atoms with Crippen LogP contribution >= 0.6 is 0 Å². The first-order chi connectivity index (χ1) is 10.3. The van der Waals surface area contributed by atoms with E-state index in [9.17, 15) is 4.79 Å². The van der Waals surface area contributed by atoms with Gasteiger partial charge in [0.15, 0.2) is 0 Å². The zero-order chi connectivity index (χ0) is 14.7. The van der Waals surface area contributed by atoms with Crippen molar-refractivity contribution in [3.63, 3.8) is 0 Å². The van der Waals surface area contributed by atoms with Gasteiger partial charge in [0.1, 0.15) is 12.4 Å². The Kier molecular flexibility index (Phi) is 4.41. The second-order valence-corrected chi connectivity index (χ2v) is 5.73. The van der Waals surface area contributed by atoms with Gasteiger partial charge in [-0.3, -0.25) is 4.79 Å². The predicted octanol–water partition coefficient (Wildman–Crippen LogP) is 1.00. The average molecular weight is 290 g/mol. The number of carbonyl (C=O) groups is 1. The normalized spacial score (nSPS) is 24.1. The van der Waals surface area contributed by atoms with Gasteiger partial charge < -0.3 is 19.7 Å². The first-order valence-electron chi connectivity index (χ1n) is 7.50. The lowest BCUT2D eigenvalue weighted by atomic mass is 10.0. The molecular weight excluding hydrogens is 268 g/mol. The van der Waals surface area contributed by atoms with Crippen molar-refractivity contribution in [2.24, 2.45) is 11.8 Å². The van der Waals surface area contributed by atoms with E-state index in [4.69, 9.17) is 9.47 Å². The molecule has 1 amide bonds. The molecule has 2 fully saturated rings. The molecule has 0 unspecified atom stereocenters. The summed E-state index contributed by atoms with van der Waals surface area (Å²) < 4.78 is 10.7. The smallest absolute Gasteiger partial charge is 0.257 e. The van der Waals surface area contributed by atoms with E-state index in [1.807, 2.05) is 29.2 Å². The minimum absolute atomic E-state index is 0.0809. The molecule has 0 saturated carbocycles. The summed E-state index contributed by atoms with van der Waals surface area (Å²) in [5, 5.41) is 3.39. The maximum absolute atomic E-state index is 12.7. The van der Waals surface area contributed by atoms with Gasteiger partial charge in [-0.1, -0.05) is 12.1 Å². The lowest BCUT2D eigenvalue weighted by Gasteiger charge is -2.19. The van der Waals surface area contributed by atoms with E-state index in [2.05, 4.69) is 5.32 Å². The molecule has 2 heterocycles. The monoisotopic (exact) mass is 290 g/mol. The van der Waals surface area contributed by atoms with Gasteiger partial charge in [0.2, 0.25) is 0 Å². The molecule has 0 radical (unpaired) electrons. The molecular formula is C16H22N2O3. The lowest BCUT2D eigenvalue weighted by Crippen LogP contribution is -2.32. The number of nitrogens with zero attached hydrogens (tertiary/aromatic N) is 1. The number of ether oxygens (including phenoxy) is 2. The van der Waals surface area contributed by atoms with Crippen LogP contribution in [0.3, 0.4) is 0 Å². The van der Waals surface area contributed by atoms with Crippen LogP contribution in [0.5, 0.6) is 5.75 Å². The number of likely N-dealkylation sites (tertiary alicyclic amines) is 1. The fourth-order valence-electron chi connectivity index (χ4n) is 3.20. The van der Waals surface area contributed by atoms with Crippen molar-refractivity contribution in [1.29, 1.82) is 0 Å². The van der Waals surface area contributed by atoms with Crippen molar-refractivity contribution in [2.75, 3.05) is 46.5 Å². The summed E-state index contributed by atoms with van der Waals surface area (Å²) in [5.41, 5.74) is 0.654. The second kappa shape index (κ2) is 6.45. The second-order valence-electron chi connectivity index (χ2n) is 5.73. The van der Waals surface area contributed by atoms with Crippen molar-refractivity contribution in [2.45, 2.75) is 0 Å². The molecule has 2 atom stereocenters. The summed E-state index contributed by atoms with van der Waals surface area (Å²) in [5.74, 6) is 1.94. The number of para-hydroxylation sites is 1. The zero-order valence-electron chi connectivity index (χ0n) is 12.4. The number of amides is 1. The van der Waals surface area contributed by atoms with Crippen molar-refractivity contribution in [1.82, 2.24) is 10.2 Å². The Morgan fingerprint density at radius 2 is 1.95 bits per heavy atom. The van der Waals surface area contributed by atoms with Gasteiger partial charge in [-0.05, 0) is 24.0 Å². The van der Waals surface area contributed by atoms with Crippen molar-refractivity contribution >= 4 is 5.91 Å². The standard InChI is InChI=1S/C16H22N2O3/c1-20-6-7-21-15-5-3-2-4-14(15)16(19)18-10-12-8-17-9-13(12)11-18/h2-5,12-13,17H,6-11H2,1H3/t12-,13+. The highest BCUT2D eigenvalue weighted by atomic mass is 16.5. The van der Waals surface area contributed by atoms with E-state index in [1.54, 1.807) is 7.11 Å². The first-order valence-corrected chi connectivity index (χ1v) is 7.50. The van der Waals surface area contributed by atoms with Crippen LogP contribution in [-0.4, -0.2) is 57.3 Å². The molecule has 1 aromatic rings. The summed E-state index contributed by atoms with van der Waals surface area (Å²) in [6.07, 6.45) is 0. The van der Waals surface area contributed by atoms with Crippen molar-refractivity contribution < 1.29 is 14.3 Å². The minimum Gasteiger partial charge on any atom is -0.490 e. The first kappa shape index (κ1) is 14.4. The molecule has 0 aromatic heterocycles. The van der Waals surface area contributed by atoms with Crippen LogP contribution in [0.15, 0.2) is 24.3 Å². The summed E-state index contributed by atoms with van der Waals surface area (Å²) in [6.45, 7) is 4.73. The quantitative estimate of drug-likeness (QED) is 0.822. The number of nitrogens with one attached hydrogen (secondary N) is 1. The number of fused-ring (bicyclic) bond motifs is 1. The van der Waals surface area contributed by atoms with Crippen molar-refractivity contribution in [3.05, 3.63) is 29.8 Å². The highest BCUT2D eigenvalue weighted by Gasteiger charge is 2.38. The lowest BCUT2D eigenvalue weighted by molar-refractivity contribution is 0.0774. The highest BCUT2D eigenvalue weighted by molar-refractivity contribution is 5.97. The van der Waals surface area contributed by atoms with E-state index < -0.39 is 0 Å². The molecule has 21 heavy (non-hydrogen) atoms. The van der Waals surface area contributed by atoms with E-state index in [1.165, 1.54) is 0 Å². The van der Waals surface area contributed by atoms with Crippen LogP contribution in [0, 0.1) is 11.8 Å². The SMILES string of the molecule is COCCOc1ccccc1C(=O)N1C[C@H]2CNC[C@H]2C1. The molecule has 5 nitrogen and oxygen atoms in total. The van der Waals surface area contributed by atoms with Gasteiger partial charge in [0.25, 0.3) is 5.91 Å². The van der Waals surface area contributed by atoms with Crippen LogP contribution in [0.1, 0.15) is 10.4 Å². The fraction of sp³-hybridized carbons (Fsp3) is 0.562. The van der Waals surface area contributed by atoms with Crippen LogP contribution in [0.4, 0.5) is 0 Å². The molecule has 0 aliphatic carbocycles. The molecule has 0 bridgehead atoms. The van der Waals surface area contributed by atoms with Gasteiger partial charge in [0, 0.05) is 33.3 Å². The number of rotatable bonds is 5. The Hall–Kier alpha value is -1.59. The fourth-order valence-corrected chi connectivity index (χ4v) is 3.20. The Labute approximate surface area is 125 Å². The predicted molar refractivity (Wildman–Crippen MR) is 79.6 cm³/mol. The van der Waals surface area contributed by atoms with E-state index in [0.717, 1.165) is 26.2 Å². The summed E-state index contributed by atoms with van der Waals surface area (Å²) in [4.78, 5) is 14.7. The molecule has 5 heteroatoms. The van der Waals surface area contributed by atoms with Gasteiger partial charge in [-0.15, -0.1) is 0 Å². The number of benzene rings is 1. The molecule has 2 aliphatic rings. The third kappa shape index (κ3) is 3.04. The molecule has 2 aliphatic heterocycles. The number of hydrogen-bond donors (Lipinski definition) is 1. The van der Waals surface area contributed by atoms with Gasteiger partial charge in [-0.2, -0.15) is 0 Å². The summed E-state index contributed by atoms with van der Waals surface area (Å²) >= 11 is 0. The molecule has 2 saturated heterocycles. The third-order valence-corrected chi connectivity index (χ3v) is 4.34. The number of carbonyl (C=O) groups excluding carboxylic acids is 1. The molecule has 1 aromatic carbocycles. The largest absolute Gasteiger partial charge is 0.490 e.